The maximum atomic E-state index is 11.6. The summed E-state index contributed by atoms with van der Waals surface area (Å²) >= 11 is 0. The Kier molecular flexibility index (Phi) is 4.48. The number of piperidine rings is 1. The Morgan fingerprint density at radius 1 is 1.16 bits per heavy atom. The molecule has 0 spiro atoms. The molecule has 0 radical (unpaired) electrons. The average Bonchev–Trinajstić information content (AvgIpc) is 2.64. The van der Waals surface area contributed by atoms with Gasteiger partial charge in [-0.3, -0.25) is 9.88 Å². The molecule has 2 aromatic rings. The zero-order chi connectivity index (χ0) is 17.3. The summed E-state index contributed by atoms with van der Waals surface area (Å²) in [6.07, 6.45) is 7.02. The van der Waals surface area contributed by atoms with Crippen molar-refractivity contribution in [2.24, 2.45) is 11.8 Å². The second-order valence-electron chi connectivity index (χ2n) is 7.43. The van der Waals surface area contributed by atoms with E-state index in [1.54, 1.807) is 13.3 Å². The molecular weight excluding hydrogens is 312 g/mol. The zero-order valence-corrected chi connectivity index (χ0v) is 14.8. The van der Waals surface area contributed by atoms with Gasteiger partial charge in [-0.1, -0.05) is 24.6 Å². The molecule has 0 unspecified atom stereocenters. The highest BCUT2D eigenvalue weighted by molar-refractivity contribution is 5.28. The van der Waals surface area contributed by atoms with Crippen LogP contribution in [0, 0.1) is 11.8 Å². The first-order chi connectivity index (χ1) is 12.2. The second kappa shape index (κ2) is 6.77. The van der Waals surface area contributed by atoms with Crippen LogP contribution in [0.15, 0.2) is 48.8 Å². The van der Waals surface area contributed by atoms with Gasteiger partial charge in [-0.2, -0.15) is 0 Å². The standard InChI is InChI=1S/C21H26N2O2/c1-25-20-9-7-16(8-10-20)13-23-14-18-4-2-5-19(15-23)21(18,24)17-6-3-11-22-12-17/h3,6-12,18-19,24H,2,4-5,13-15H2,1H3/t18-,19-/m0/s1. The molecule has 1 aliphatic heterocycles. The third kappa shape index (κ3) is 3.05. The minimum atomic E-state index is -0.719. The lowest BCUT2D eigenvalue weighted by molar-refractivity contribution is -0.148. The number of aliphatic hydroxyl groups is 1. The van der Waals surface area contributed by atoms with Gasteiger partial charge >= 0.3 is 0 Å². The van der Waals surface area contributed by atoms with Gasteiger partial charge < -0.3 is 9.84 Å². The minimum absolute atomic E-state index is 0.280. The van der Waals surface area contributed by atoms with Gasteiger partial charge in [0.1, 0.15) is 5.75 Å². The Morgan fingerprint density at radius 3 is 2.48 bits per heavy atom. The van der Waals surface area contributed by atoms with E-state index in [0.717, 1.165) is 43.8 Å². The number of methoxy groups -OCH3 is 1. The van der Waals surface area contributed by atoms with Gasteiger partial charge in [0.25, 0.3) is 0 Å². The molecule has 2 aliphatic rings. The summed E-state index contributed by atoms with van der Waals surface area (Å²) in [6.45, 7) is 2.81. The highest BCUT2D eigenvalue weighted by Gasteiger charge is 2.51. The number of nitrogens with zero attached hydrogens (tertiary/aromatic N) is 2. The molecule has 2 bridgehead atoms. The molecule has 2 fully saturated rings. The Bertz CT molecular complexity index is 688. The maximum Gasteiger partial charge on any atom is 0.118 e. The number of benzene rings is 1. The summed E-state index contributed by atoms with van der Waals surface area (Å²) in [5.41, 5.74) is 1.57. The molecule has 4 heteroatoms. The van der Waals surface area contributed by atoms with Gasteiger partial charge in [-0.25, -0.2) is 0 Å². The van der Waals surface area contributed by atoms with E-state index >= 15 is 0 Å². The van der Waals surface area contributed by atoms with E-state index in [1.165, 1.54) is 12.0 Å². The van der Waals surface area contributed by atoms with E-state index in [2.05, 4.69) is 22.0 Å². The van der Waals surface area contributed by atoms with Crippen molar-refractivity contribution < 1.29 is 9.84 Å². The number of fused-ring (bicyclic) bond motifs is 2. The molecule has 2 heterocycles. The summed E-state index contributed by atoms with van der Waals surface area (Å²) < 4.78 is 5.24. The molecule has 132 valence electrons. The lowest BCUT2D eigenvalue weighted by Gasteiger charge is -2.53. The van der Waals surface area contributed by atoms with Crippen LogP contribution in [0.2, 0.25) is 0 Å². The van der Waals surface area contributed by atoms with Crippen LogP contribution in [0.1, 0.15) is 30.4 Å². The Hall–Kier alpha value is -1.91. The molecule has 25 heavy (non-hydrogen) atoms. The van der Waals surface area contributed by atoms with Crippen LogP contribution in [0.4, 0.5) is 0 Å². The summed E-state index contributed by atoms with van der Waals surface area (Å²) in [6, 6.07) is 12.3. The molecule has 1 aromatic heterocycles. The van der Waals surface area contributed by atoms with E-state index in [9.17, 15) is 5.11 Å². The largest absolute Gasteiger partial charge is 0.497 e. The summed E-state index contributed by atoms with van der Waals surface area (Å²) in [4.78, 5) is 6.75. The fourth-order valence-corrected chi connectivity index (χ4v) is 4.73. The van der Waals surface area contributed by atoms with Crippen LogP contribution in [0.5, 0.6) is 5.75 Å². The lowest BCUT2D eigenvalue weighted by atomic mass is 9.63. The van der Waals surface area contributed by atoms with Crippen molar-refractivity contribution in [1.29, 1.82) is 0 Å². The van der Waals surface area contributed by atoms with Crippen molar-refractivity contribution in [2.75, 3.05) is 20.2 Å². The SMILES string of the molecule is COc1ccc(CN2C[C@@H]3CCC[C@@H](C2)C3(O)c2cccnc2)cc1. The number of likely N-dealkylation sites (tertiary alicyclic amines) is 1. The number of rotatable bonds is 4. The second-order valence-corrected chi connectivity index (χ2v) is 7.43. The van der Waals surface area contributed by atoms with Crippen LogP contribution in [-0.2, 0) is 12.1 Å². The van der Waals surface area contributed by atoms with Crippen molar-refractivity contribution in [1.82, 2.24) is 9.88 Å². The van der Waals surface area contributed by atoms with Crippen LogP contribution in [-0.4, -0.2) is 35.2 Å². The van der Waals surface area contributed by atoms with Crippen molar-refractivity contribution >= 4 is 0 Å². The van der Waals surface area contributed by atoms with Crippen molar-refractivity contribution in [3.05, 3.63) is 59.9 Å². The van der Waals surface area contributed by atoms with Crippen molar-refractivity contribution in [3.63, 3.8) is 0 Å². The number of aromatic nitrogens is 1. The van der Waals surface area contributed by atoms with Gasteiger partial charge in [0, 0.05) is 49.4 Å². The number of hydrogen-bond donors (Lipinski definition) is 1. The average molecular weight is 338 g/mol. The molecule has 2 atom stereocenters. The Balaban J connectivity index is 1.53. The van der Waals surface area contributed by atoms with E-state index in [4.69, 9.17) is 4.74 Å². The smallest absolute Gasteiger partial charge is 0.118 e. The van der Waals surface area contributed by atoms with Gasteiger partial charge in [0.15, 0.2) is 0 Å². The van der Waals surface area contributed by atoms with Crippen LogP contribution in [0.25, 0.3) is 0 Å². The molecule has 1 saturated carbocycles. The molecule has 1 N–H and O–H groups in total. The van der Waals surface area contributed by atoms with Gasteiger partial charge in [0.2, 0.25) is 0 Å². The highest BCUT2D eigenvalue weighted by Crippen LogP contribution is 2.49. The predicted molar refractivity (Wildman–Crippen MR) is 97.2 cm³/mol. The molecule has 1 saturated heterocycles. The van der Waals surface area contributed by atoms with E-state index in [-0.39, 0.29) is 11.8 Å². The fourth-order valence-electron chi connectivity index (χ4n) is 4.73. The van der Waals surface area contributed by atoms with Crippen molar-refractivity contribution in [2.45, 2.75) is 31.4 Å². The van der Waals surface area contributed by atoms with E-state index in [1.807, 2.05) is 30.5 Å². The maximum absolute atomic E-state index is 11.6. The highest BCUT2D eigenvalue weighted by atomic mass is 16.5. The van der Waals surface area contributed by atoms with Crippen molar-refractivity contribution in [3.8, 4) is 5.75 Å². The van der Waals surface area contributed by atoms with E-state index < -0.39 is 5.60 Å². The van der Waals surface area contributed by atoms with Gasteiger partial charge in [0.05, 0.1) is 12.7 Å². The zero-order valence-electron chi connectivity index (χ0n) is 14.8. The number of hydrogen-bond acceptors (Lipinski definition) is 4. The quantitative estimate of drug-likeness (QED) is 0.930. The summed E-state index contributed by atoms with van der Waals surface area (Å²) in [5, 5.41) is 11.6. The summed E-state index contributed by atoms with van der Waals surface area (Å²) in [5.74, 6) is 1.45. The van der Waals surface area contributed by atoms with Crippen LogP contribution >= 0.6 is 0 Å². The number of ether oxygens (including phenoxy) is 1. The monoisotopic (exact) mass is 338 g/mol. The Labute approximate surface area is 149 Å². The summed E-state index contributed by atoms with van der Waals surface area (Å²) in [7, 11) is 1.69. The molecule has 4 rings (SSSR count). The predicted octanol–water partition coefficient (Wildman–Crippen LogP) is 3.21. The third-order valence-corrected chi connectivity index (χ3v) is 6.00. The number of pyridine rings is 1. The van der Waals surface area contributed by atoms with Crippen LogP contribution < -0.4 is 4.74 Å². The van der Waals surface area contributed by atoms with E-state index in [0.29, 0.717) is 0 Å². The van der Waals surface area contributed by atoms with Gasteiger partial charge in [-0.05, 0) is 36.6 Å². The first-order valence-corrected chi connectivity index (χ1v) is 9.18. The normalized spacial score (nSPS) is 29.4. The molecule has 1 aromatic carbocycles. The third-order valence-electron chi connectivity index (χ3n) is 6.00. The van der Waals surface area contributed by atoms with Crippen LogP contribution in [0.3, 0.4) is 0 Å². The first-order valence-electron chi connectivity index (χ1n) is 9.18. The Morgan fingerprint density at radius 2 is 1.88 bits per heavy atom. The topological polar surface area (TPSA) is 45.6 Å². The molecule has 0 amide bonds. The minimum Gasteiger partial charge on any atom is -0.497 e. The molecule has 4 nitrogen and oxygen atoms in total. The lowest BCUT2D eigenvalue weighted by Crippen LogP contribution is -2.57. The molecule has 1 aliphatic carbocycles. The first kappa shape index (κ1) is 16.6. The van der Waals surface area contributed by atoms with Gasteiger partial charge in [-0.15, -0.1) is 0 Å². The fraction of sp³-hybridized carbons (Fsp3) is 0.476. The molecular formula is C21H26N2O2.